The third-order valence-corrected chi connectivity index (χ3v) is 5.40. The van der Waals surface area contributed by atoms with Crippen LogP contribution in [0.4, 0.5) is 32.4 Å². The molecule has 1 N–H and O–H groups in total. The van der Waals surface area contributed by atoms with E-state index in [1.54, 1.807) is 6.92 Å². The van der Waals surface area contributed by atoms with Gasteiger partial charge in [0.2, 0.25) is 0 Å². The number of halogens is 5. The van der Waals surface area contributed by atoms with E-state index in [1.165, 1.54) is 4.68 Å². The summed E-state index contributed by atoms with van der Waals surface area (Å²) < 4.78 is 73.0. The molecule has 1 saturated carbocycles. The van der Waals surface area contributed by atoms with E-state index in [9.17, 15) is 26.7 Å². The fourth-order valence-electron chi connectivity index (χ4n) is 3.77. The van der Waals surface area contributed by atoms with Crippen molar-refractivity contribution in [1.29, 1.82) is 0 Å². The van der Waals surface area contributed by atoms with Gasteiger partial charge in [-0.15, -0.1) is 0 Å². The predicted octanol–water partition coefficient (Wildman–Crippen LogP) is 6.26. The highest BCUT2D eigenvalue weighted by Gasteiger charge is 2.36. The highest BCUT2D eigenvalue weighted by atomic mass is 19.4. The van der Waals surface area contributed by atoms with E-state index < -0.39 is 35.7 Å². The minimum absolute atomic E-state index is 0.0306. The fourth-order valence-corrected chi connectivity index (χ4v) is 3.77. The minimum Gasteiger partial charge on any atom is -0.444 e. The largest absolute Gasteiger partial charge is 0.444 e. The predicted molar refractivity (Wildman–Crippen MR) is 104 cm³/mol. The molecule has 1 aromatic carbocycles. The molecule has 170 valence electrons. The molecule has 31 heavy (non-hydrogen) atoms. The first kappa shape index (κ1) is 23.0. The lowest BCUT2D eigenvalue weighted by molar-refractivity contribution is -0.141. The minimum atomic E-state index is -4.57. The van der Waals surface area contributed by atoms with Crippen molar-refractivity contribution in [1.82, 2.24) is 9.78 Å². The first-order valence-corrected chi connectivity index (χ1v) is 10.2. The third-order valence-electron chi connectivity index (χ3n) is 5.40. The van der Waals surface area contributed by atoms with Crippen LogP contribution in [-0.4, -0.2) is 22.0 Å². The van der Waals surface area contributed by atoms with Crippen LogP contribution < -0.4 is 5.32 Å². The zero-order valence-electron chi connectivity index (χ0n) is 17.0. The maximum Gasteiger partial charge on any atom is 0.435 e. The van der Waals surface area contributed by atoms with Crippen LogP contribution in [0.1, 0.15) is 62.8 Å². The maximum atomic E-state index is 13.7. The van der Waals surface area contributed by atoms with E-state index in [2.05, 4.69) is 10.4 Å². The summed E-state index contributed by atoms with van der Waals surface area (Å²) in [6.45, 7) is 1.66. The van der Waals surface area contributed by atoms with E-state index in [-0.39, 0.29) is 18.2 Å². The van der Waals surface area contributed by atoms with Crippen LogP contribution in [0.2, 0.25) is 0 Å². The first-order chi connectivity index (χ1) is 14.7. The van der Waals surface area contributed by atoms with E-state index in [4.69, 9.17) is 4.74 Å². The van der Waals surface area contributed by atoms with Crippen molar-refractivity contribution in [3.8, 4) is 0 Å². The molecule has 3 rings (SSSR count). The van der Waals surface area contributed by atoms with Crippen LogP contribution in [0.3, 0.4) is 0 Å². The molecule has 1 aliphatic carbocycles. The summed E-state index contributed by atoms with van der Waals surface area (Å²) in [6, 6.07) is 3.73. The Bertz CT molecular complexity index is 907. The number of aromatic nitrogens is 2. The molecule has 0 saturated heterocycles. The van der Waals surface area contributed by atoms with E-state index >= 15 is 0 Å². The average Bonchev–Trinajstić information content (AvgIpc) is 3.14. The second-order valence-electron chi connectivity index (χ2n) is 7.65. The molecule has 10 heteroatoms. The number of carbonyl (C=O) groups is 1. The Kier molecular flexibility index (Phi) is 7.17. The SMILES string of the molecule is CC[C@H](Cn1nc(C(F)(F)F)cc1C1CCCCC1)OC(=O)Nc1ccc(F)cc1F. The quantitative estimate of drug-likeness (QED) is 0.535. The summed E-state index contributed by atoms with van der Waals surface area (Å²) in [7, 11) is 0. The molecule has 0 radical (unpaired) electrons. The van der Waals surface area contributed by atoms with Crippen molar-refractivity contribution in [2.24, 2.45) is 0 Å². The number of anilines is 1. The number of ether oxygens (including phenoxy) is 1. The topological polar surface area (TPSA) is 56.2 Å². The number of benzene rings is 1. The van der Waals surface area contributed by atoms with Crippen molar-refractivity contribution >= 4 is 11.8 Å². The van der Waals surface area contributed by atoms with Crippen molar-refractivity contribution in [3.05, 3.63) is 47.3 Å². The first-order valence-electron chi connectivity index (χ1n) is 10.2. The summed E-state index contributed by atoms with van der Waals surface area (Å²) >= 11 is 0. The highest BCUT2D eigenvalue weighted by molar-refractivity contribution is 5.84. The fraction of sp³-hybridized carbons (Fsp3) is 0.524. The van der Waals surface area contributed by atoms with Gasteiger partial charge in [-0.25, -0.2) is 13.6 Å². The van der Waals surface area contributed by atoms with Gasteiger partial charge in [0.25, 0.3) is 0 Å². The molecule has 2 aromatic rings. The van der Waals surface area contributed by atoms with Crippen molar-refractivity contribution in [3.63, 3.8) is 0 Å². The average molecular weight is 445 g/mol. The van der Waals surface area contributed by atoms with Crippen molar-refractivity contribution in [2.75, 3.05) is 5.32 Å². The van der Waals surface area contributed by atoms with Crippen molar-refractivity contribution in [2.45, 2.75) is 70.2 Å². The standard InChI is InChI=1S/C21H24F5N3O2/c1-2-15(31-20(30)27-17-9-8-14(22)10-16(17)23)12-29-18(13-6-4-3-5-7-13)11-19(28-29)21(24,25)26/h8-11,13,15H,2-7,12H2,1H3,(H,27,30)/t15-/m1/s1. The number of nitrogens with zero attached hydrogens (tertiary/aromatic N) is 2. The van der Waals surface area contributed by atoms with Gasteiger partial charge >= 0.3 is 12.3 Å². The summed E-state index contributed by atoms with van der Waals surface area (Å²) in [5, 5.41) is 5.92. The van der Waals surface area contributed by atoms with Crippen LogP contribution >= 0.6 is 0 Å². The van der Waals surface area contributed by atoms with Gasteiger partial charge in [0.15, 0.2) is 5.69 Å². The van der Waals surface area contributed by atoms with Gasteiger partial charge < -0.3 is 4.74 Å². The van der Waals surface area contributed by atoms with Crippen LogP contribution in [0.15, 0.2) is 24.3 Å². The zero-order chi connectivity index (χ0) is 22.6. The highest BCUT2D eigenvalue weighted by Crippen LogP contribution is 2.36. The molecule has 1 fully saturated rings. The normalized spacial score (nSPS) is 16.2. The lowest BCUT2D eigenvalue weighted by Gasteiger charge is -2.24. The summed E-state index contributed by atoms with van der Waals surface area (Å²) in [6.07, 6.45) is -1.54. The Labute approximate surface area is 176 Å². The number of nitrogens with one attached hydrogen (secondary N) is 1. The molecule has 1 aromatic heterocycles. The Morgan fingerprint density at radius 3 is 2.55 bits per heavy atom. The zero-order valence-corrected chi connectivity index (χ0v) is 17.0. The molecule has 0 bridgehead atoms. The number of amides is 1. The van der Waals surface area contributed by atoms with E-state index in [1.807, 2.05) is 0 Å². The summed E-state index contributed by atoms with van der Waals surface area (Å²) in [5.74, 6) is -1.79. The maximum absolute atomic E-state index is 13.7. The van der Waals surface area contributed by atoms with Crippen molar-refractivity contribution < 1.29 is 31.5 Å². The van der Waals surface area contributed by atoms with Crippen LogP contribution in [0.5, 0.6) is 0 Å². The van der Waals surface area contributed by atoms with E-state index in [0.29, 0.717) is 18.2 Å². The van der Waals surface area contributed by atoms with Gasteiger partial charge in [-0.2, -0.15) is 18.3 Å². The number of hydrogen-bond donors (Lipinski definition) is 1. The Hall–Kier alpha value is -2.65. The van der Waals surface area contributed by atoms with Crippen LogP contribution in [-0.2, 0) is 17.5 Å². The molecular weight excluding hydrogens is 421 g/mol. The Balaban J connectivity index is 1.74. The Morgan fingerprint density at radius 1 is 1.23 bits per heavy atom. The lowest BCUT2D eigenvalue weighted by Crippen LogP contribution is -2.28. The number of alkyl halides is 3. The summed E-state index contributed by atoms with van der Waals surface area (Å²) in [5.41, 5.74) is -0.748. The van der Waals surface area contributed by atoms with Gasteiger partial charge in [0.1, 0.15) is 17.7 Å². The second kappa shape index (κ2) is 9.65. The van der Waals surface area contributed by atoms with Crippen LogP contribution in [0, 0.1) is 11.6 Å². The molecule has 0 aliphatic heterocycles. The monoisotopic (exact) mass is 445 g/mol. The smallest absolute Gasteiger partial charge is 0.435 e. The number of rotatable bonds is 6. The molecule has 0 unspecified atom stereocenters. The molecule has 1 heterocycles. The molecule has 1 amide bonds. The molecule has 5 nitrogen and oxygen atoms in total. The summed E-state index contributed by atoms with van der Waals surface area (Å²) in [4.78, 5) is 12.2. The molecular formula is C21H24F5N3O2. The molecule has 1 atom stereocenters. The Morgan fingerprint density at radius 2 is 1.94 bits per heavy atom. The number of carbonyl (C=O) groups excluding carboxylic acids is 1. The van der Waals surface area contributed by atoms with Gasteiger partial charge in [0, 0.05) is 17.7 Å². The van der Waals surface area contributed by atoms with E-state index in [0.717, 1.165) is 50.3 Å². The van der Waals surface area contributed by atoms with Gasteiger partial charge in [-0.05, 0) is 37.5 Å². The molecule has 0 spiro atoms. The van der Waals surface area contributed by atoms with Gasteiger partial charge in [-0.1, -0.05) is 26.2 Å². The lowest BCUT2D eigenvalue weighted by atomic mass is 9.86. The van der Waals surface area contributed by atoms with Gasteiger partial charge in [-0.3, -0.25) is 10.00 Å². The second-order valence-corrected chi connectivity index (χ2v) is 7.65. The van der Waals surface area contributed by atoms with Gasteiger partial charge in [0.05, 0.1) is 12.2 Å². The van der Waals surface area contributed by atoms with Crippen LogP contribution in [0.25, 0.3) is 0 Å². The third kappa shape index (κ3) is 5.95. The molecule has 1 aliphatic rings. The number of hydrogen-bond acceptors (Lipinski definition) is 3.